The molecule has 1 aromatic heterocycles. The standard InChI is InChI=1S/C19H15BrN2O5S2/c20-15-4-1-2-5-16(15)21-17(23)12-27-19(24)13-7-9-14(10-8-13)22-29(25,26)18-6-3-11-28-18/h1-11,22H,12H2,(H,21,23). The van der Waals surface area contributed by atoms with Gasteiger partial charge in [0.15, 0.2) is 6.61 Å². The minimum absolute atomic E-state index is 0.192. The number of para-hydroxylation sites is 1. The van der Waals surface area contributed by atoms with Crippen molar-refractivity contribution in [2.24, 2.45) is 0 Å². The van der Waals surface area contributed by atoms with Gasteiger partial charge >= 0.3 is 5.97 Å². The summed E-state index contributed by atoms with van der Waals surface area (Å²) in [6.45, 7) is -0.451. The van der Waals surface area contributed by atoms with E-state index in [4.69, 9.17) is 4.74 Å². The third-order valence-corrected chi connectivity index (χ3v) is 7.09. The molecule has 0 saturated heterocycles. The molecule has 29 heavy (non-hydrogen) atoms. The van der Waals surface area contributed by atoms with E-state index in [1.165, 1.54) is 30.3 Å². The van der Waals surface area contributed by atoms with Crippen molar-refractivity contribution in [3.8, 4) is 0 Å². The number of hydrogen-bond acceptors (Lipinski definition) is 6. The number of rotatable bonds is 7. The molecule has 0 spiro atoms. The smallest absolute Gasteiger partial charge is 0.338 e. The molecule has 150 valence electrons. The molecule has 0 saturated carbocycles. The Morgan fingerprint density at radius 2 is 1.72 bits per heavy atom. The van der Waals surface area contributed by atoms with Gasteiger partial charge in [0.1, 0.15) is 4.21 Å². The molecule has 0 atom stereocenters. The number of halogens is 1. The Kier molecular flexibility index (Phi) is 6.68. The molecule has 0 aliphatic rings. The highest BCUT2D eigenvalue weighted by atomic mass is 79.9. The van der Waals surface area contributed by atoms with E-state index in [1.807, 2.05) is 6.07 Å². The lowest BCUT2D eigenvalue weighted by Gasteiger charge is -2.09. The van der Waals surface area contributed by atoms with Crippen LogP contribution in [0.2, 0.25) is 0 Å². The Morgan fingerprint density at radius 3 is 2.38 bits per heavy atom. The summed E-state index contributed by atoms with van der Waals surface area (Å²) in [6, 6.07) is 15.9. The molecule has 1 amide bonds. The van der Waals surface area contributed by atoms with Gasteiger partial charge in [-0.2, -0.15) is 0 Å². The zero-order valence-corrected chi connectivity index (χ0v) is 18.0. The van der Waals surface area contributed by atoms with Gasteiger partial charge in [-0.15, -0.1) is 11.3 Å². The molecule has 2 N–H and O–H groups in total. The molecule has 0 aliphatic heterocycles. The summed E-state index contributed by atoms with van der Waals surface area (Å²) in [5, 5.41) is 4.29. The van der Waals surface area contributed by atoms with E-state index in [2.05, 4.69) is 26.0 Å². The Labute approximate surface area is 179 Å². The van der Waals surface area contributed by atoms with E-state index in [1.54, 1.807) is 29.6 Å². The molecule has 2 aromatic carbocycles. The number of carbonyl (C=O) groups excluding carboxylic acids is 2. The first-order valence-corrected chi connectivity index (χ1v) is 11.4. The van der Waals surface area contributed by atoms with E-state index in [-0.39, 0.29) is 9.77 Å². The number of esters is 1. The molecule has 0 bridgehead atoms. The van der Waals surface area contributed by atoms with Crippen LogP contribution in [0, 0.1) is 0 Å². The lowest BCUT2D eigenvalue weighted by atomic mass is 10.2. The van der Waals surface area contributed by atoms with Crippen LogP contribution in [0.1, 0.15) is 10.4 Å². The van der Waals surface area contributed by atoms with Crippen LogP contribution in [-0.4, -0.2) is 26.9 Å². The third-order valence-electron chi connectivity index (χ3n) is 3.62. The molecule has 7 nitrogen and oxygen atoms in total. The second-order valence-corrected chi connectivity index (χ2v) is 9.43. The van der Waals surface area contributed by atoms with E-state index >= 15 is 0 Å². The number of carbonyl (C=O) groups is 2. The first kappa shape index (κ1) is 21.0. The maximum Gasteiger partial charge on any atom is 0.338 e. The van der Waals surface area contributed by atoms with Crippen LogP contribution in [0.25, 0.3) is 0 Å². The minimum atomic E-state index is -3.66. The summed E-state index contributed by atoms with van der Waals surface area (Å²) in [5.74, 6) is -1.18. The molecular formula is C19H15BrN2O5S2. The first-order chi connectivity index (χ1) is 13.8. The van der Waals surface area contributed by atoms with Crippen LogP contribution in [0.3, 0.4) is 0 Å². The Bertz CT molecular complexity index is 1110. The fourth-order valence-corrected chi connectivity index (χ4v) is 4.69. The second kappa shape index (κ2) is 9.21. The van der Waals surface area contributed by atoms with Gasteiger partial charge in [-0.25, -0.2) is 13.2 Å². The largest absolute Gasteiger partial charge is 0.452 e. The molecule has 0 unspecified atom stereocenters. The summed E-state index contributed by atoms with van der Waals surface area (Å²) >= 11 is 4.41. The topological polar surface area (TPSA) is 102 Å². The van der Waals surface area contributed by atoms with Gasteiger partial charge in [-0.05, 0) is 63.8 Å². The van der Waals surface area contributed by atoms with Gasteiger partial charge < -0.3 is 10.1 Å². The first-order valence-electron chi connectivity index (χ1n) is 8.23. The molecule has 0 radical (unpaired) electrons. The fraction of sp³-hybridized carbons (Fsp3) is 0.0526. The van der Waals surface area contributed by atoms with Crippen molar-refractivity contribution in [2.45, 2.75) is 4.21 Å². The Balaban J connectivity index is 1.55. The van der Waals surface area contributed by atoms with E-state index < -0.39 is 28.5 Å². The van der Waals surface area contributed by atoms with Crippen LogP contribution >= 0.6 is 27.3 Å². The fourth-order valence-electron chi connectivity index (χ4n) is 2.26. The summed E-state index contributed by atoms with van der Waals surface area (Å²) < 4.78 is 32.7. The van der Waals surface area contributed by atoms with Crippen molar-refractivity contribution in [1.29, 1.82) is 0 Å². The van der Waals surface area contributed by atoms with E-state index in [0.29, 0.717) is 15.8 Å². The van der Waals surface area contributed by atoms with Gasteiger partial charge in [0.05, 0.1) is 11.3 Å². The summed E-state index contributed by atoms with van der Waals surface area (Å²) in [5.41, 5.74) is 1.07. The number of nitrogens with one attached hydrogen (secondary N) is 2. The van der Waals surface area contributed by atoms with E-state index in [0.717, 1.165) is 11.3 Å². The number of anilines is 2. The van der Waals surface area contributed by atoms with Crippen LogP contribution in [0.4, 0.5) is 11.4 Å². The number of ether oxygens (including phenoxy) is 1. The molecule has 0 aliphatic carbocycles. The molecule has 0 fully saturated rings. The SMILES string of the molecule is O=C(COC(=O)c1ccc(NS(=O)(=O)c2cccs2)cc1)Nc1ccccc1Br. The second-order valence-electron chi connectivity index (χ2n) is 5.72. The normalized spacial score (nSPS) is 10.9. The van der Waals surface area contributed by atoms with Crippen molar-refractivity contribution < 1.29 is 22.7 Å². The van der Waals surface area contributed by atoms with Gasteiger partial charge in [-0.1, -0.05) is 18.2 Å². The highest BCUT2D eigenvalue weighted by Gasteiger charge is 2.16. The minimum Gasteiger partial charge on any atom is -0.452 e. The van der Waals surface area contributed by atoms with Crippen LogP contribution in [0.5, 0.6) is 0 Å². The predicted octanol–water partition coefficient (Wildman–Crippen LogP) is 4.11. The number of hydrogen-bond donors (Lipinski definition) is 2. The van der Waals surface area contributed by atoms with Gasteiger partial charge in [-0.3, -0.25) is 9.52 Å². The molecular weight excluding hydrogens is 480 g/mol. The van der Waals surface area contributed by atoms with Gasteiger partial charge in [0, 0.05) is 10.2 Å². The molecule has 3 rings (SSSR count). The van der Waals surface area contributed by atoms with Crippen molar-refractivity contribution in [1.82, 2.24) is 0 Å². The van der Waals surface area contributed by atoms with E-state index in [9.17, 15) is 18.0 Å². The summed E-state index contributed by atoms with van der Waals surface area (Å²) in [6.07, 6.45) is 0. The lowest BCUT2D eigenvalue weighted by Crippen LogP contribution is -2.21. The van der Waals surface area contributed by atoms with Crippen molar-refractivity contribution in [2.75, 3.05) is 16.6 Å². The predicted molar refractivity (Wildman–Crippen MR) is 115 cm³/mol. The van der Waals surface area contributed by atoms with Crippen LogP contribution < -0.4 is 10.0 Å². The van der Waals surface area contributed by atoms with Crippen molar-refractivity contribution >= 4 is 60.5 Å². The molecule has 3 aromatic rings. The molecule has 10 heteroatoms. The number of sulfonamides is 1. The zero-order chi connectivity index (χ0) is 20.9. The highest BCUT2D eigenvalue weighted by molar-refractivity contribution is 9.10. The van der Waals surface area contributed by atoms with Crippen LogP contribution in [-0.2, 0) is 19.6 Å². The molecule has 1 heterocycles. The van der Waals surface area contributed by atoms with Gasteiger partial charge in [0.25, 0.3) is 15.9 Å². The Hall–Kier alpha value is -2.69. The number of thiophene rings is 1. The van der Waals surface area contributed by atoms with Crippen LogP contribution in [0.15, 0.2) is 74.7 Å². The van der Waals surface area contributed by atoms with Crippen molar-refractivity contribution in [3.63, 3.8) is 0 Å². The maximum absolute atomic E-state index is 12.2. The van der Waals surface area contributed by atoms with Gasteiger partial charge in [0.2, 0.25) is 0 Å². The third kappa shape index (κ3) is 5.66. The monoisotopic (exact) mass is 494 g/mol. The number of amides is 1. The highest BCUT2D eigenvalue weighted by Crippen LogP contribution is 2.22. The lowest BCUT2D eigenvalue weighted by molar-refractivity contribution is -0.119. The average molecular weight is 495 g/mol. The zero-order valence-electron chi connectivity index (χ0n) is 14.8. The summed E-state index contributed by atoms with van der Waals surface area (Å²) in [7, 11) is -3.66. The van der Waals surface area contributed by atoms with Crippen molar-refractivity contribution in [3.05, 3.63) is 76.1 Å². The average Bonchev–Trinajstić information content (AvgIpc) is 3.24. The quantitative estimate of drug-likeness (QED) is 0.481. The number of benzene rings is 2. The maximum atomic E-state index is 12.2. The summed E-state index contributed by atoms with van der Waals surface area (Å²) in [4.78, 5) is 24.0. The Morgan fingerprint density at radius 1 is 1.00 bits per heavy atom.